The summed E-state index contributed by atoms with van der Waals surface area (Å²) in [6, 6.07) is 13.5. The number of rotatable bonds is 8. The lowest BCUT2D eigenvalue weighted by Crippen LogP contribution is -2.27. The molecule has 7 heteroatoms. The number of thioether (sulfide) groups is 1. The predicted molar refractivity (Wildman–Crippen MR) is 111 cm³/mol. The number of carbonyl (C=O) groups excluding carboxylic acids is 1. The highest BCUT2D eigenvalue weighted by Gasteiger charge is 2.15. The minimum absolute atomic E-state index is 0.000911. The van der Waals surface area contributed by atoms with E-state index in [4.69, 9.17) is 9.47 Å². The maximum Gasteiger partial charge on any atom is 0.221 e. The van der Waals surface area contributed by atoms with Gasteiger partial charge in [0.25, 0.3) is 0 Å². The maximum atomic E-state index is 12.3. The Labute approximate surface area is 167 Å². The average molecular weight is 403 g/mol. The van der Waals surface area contributed by atoms with E-state index in [1.54, 1.807) is 37.3 Å². The Morgan fingerprint density at radius 1 is 1.22 bits per heavy atom. The molecule has 0 radical (unpaired) electrons. The second kappa shape index (κ2) is 9.10. The largest absolute Gasteiger partial charge is 0.497 e. The number of carbonyl (C=O) groups is 1. The van der Waals surface area contributed by atoms with Gasteiger partial charge in [-0.3, -0.25) is 4.79 Å². The van der Waals surface area contributed by atoms with Crippen LogP contribution in [0.15, 0.2) is 46.8 Å². The third kappa shape index (κ3) is 4.93. The second-order valence-corrected chi connectivity index (χ2v) is 8.32. The number of benzene rings is 2. The number of thiazole rings is 1. The van der Waals surface area contributed by atoms with Crippen molar-refractivity contribution in [3.05, 3.63) is 48.0 Å². The monoisotopic (exact) mass is 402 g/mol. The quantitative estimate of drug-likeness (QED) is 0.555. The van der Waals surface area contributed by atoms with E-state index in [1.807, 2.05) is 43.3 Å². The van der Waals surface area contributed by atoms with E-state index in [-0.39, 0.29) is 11.9 Å². The molecule has 3 aromatic rings. The number of fused-ring (bicyclic) bond motifs is 1. The van der Waals surface area contributed by atoms with Crippen LogP contribution in [0, 0.1) is 0 Å². The molecule has 2 aromatic carbocycles. The summed E-state index contributed by atoms with van der Waals surface area (Å²) in [6.45, 7) is 1.94. The van der Waals surface area contributed by atoms with E-state index in [0.717, 1.165) is 26.9 Å². The third-order valence-electron chi connectivity index (χ3n) is 4.11. The first-order valence-electron chi connectivity index (χ1n) is 8.60. The van der Waals surface area contributed by atoms with Crippen molar-refractivity contribution in [3.8, 4) is 11.5 Å². The van der Waals surface area contributed by atoms with Crippen LogP contribution < -0.4 is 14.8 Å². The average Bonchev–Trinajstić information content (AvgIpc) is 3.10. The smallest absolute Gasteiger partial charge is 0.221 e. The van der Waals surface area contributed by atoms with E-state index in [2.05, 4.69) is 16.4 Å². The van der Waals surface area contributed by atoms with Crippen molar-refractivity contribution in [2.75, 3.05) is 20.0 Å². The lowest BCUT2D eigenvalue weighted by Gasteiger charge is -2.18. The van der Waals surface area contributed by atoms with Crippen LogP contribution in [0.3, 0.4) is 0 Å². The van der Waals surface area contributed by atoms with Crippen LogP contribution in [0.25, 0.3) is 10.2 Å². The Balaban J connectivity index is 1.54. The van der Waals surface area contributed by atoms with Gasteiger partial charge in [-0.05, 0) is 37.3 Å². The van der Waals surface area contributed by atoms with Gasteiger partial charge in [0.05, 0.1) is 30.5 Å². The first kappa shape index (κ1) is 19.5. The van der Waals surface area contributed by atoms with Crippen LogP contribution in [0.4, 0.5) is 0 Å². The third-order valence-corrected chi connectivity index (χ3v) is 6.29. The van der Waals surface area contributed by atoms with Gasteiger partial charge in [-0.25, -0.2) is 4.98 Å². The van der Waals surface area contributed by atoms with Gasteiger partial charge in [0.1, 0.15) is 11.5 Å². The zero-order valence-corrected chi connectivity index (χ0v) is 17.2. The lowest BCUT2D eigenvalue weighted by molar-refractivity contribution is -0.121. The number of ether oxygens (including phenoxy) is 2. The van der Waals surface area contributed by atoms with Gasteiger partial charge in [0, 0.05) is 17.7 Å². The molecule has 1 heterocycles. The molecule has 3 rings (SSSR count). The maximum absolute atomic E-state index is 12.3. The number of nitrogens with one attached hydrogen (secondary N) is 1. The van der Waals surface area contributed by atoms with Gasteiger partial charge < -0.3 is 14.8 Å². The second-order valence-electron chi connectivity index (χ2n) is 5.94. The summed E-state index contributed by atoms with van der Waals surface area (Å²) in [6.07, 6.45) is 0.428. The summed E-state index contributed by atoms with van der Waals surface area (Å²) in [4.78, 5) is 16.9. The van der Waals surface area contributed by atoms with Crippen molar-refractivity contribution in [1.29, 1.82) is 0 Å². The Hall–Kier alpha value is -2.25. The van der Waals surface area contributed by atoms with E-state index >= 15 is 0 Å². The minimum Gasteiger partial charge on any atom is -0.497 e. The number of hydrogen-bond acceptors (Lipinski definition) is 6. The molecule has 0 spiro atoms. The molecule has 0 aliphatic heterocycles. The van der Waals surface area contributed by atoms with Crippen LogP contribution in [0.2, 0.25) is 0 Å². The predicted octanol–water partition coefficient (Wildman–Crippen LogP) is 4.67. The molecular weight excluding hydrogens is 380 g/mol. The van der Waals surface area contributed by atoms with Crippen LogP contribution in [-0.2, 0) is 4.79 Å². The van der Waals surface area contributed by atoms with Gasteiger partial charge in [-0.1, -0.05) is 23.9 Å². The molecule has 0 fully saturated rings. The number of nitrogens with zero attached hydrogens (tertiary/aromatic N) is 1. The molecule has 0 bridgehead atoms. The number of hydrogen-bond donors (Lipinski definition) is 1. The van der Waals surface area contributed by atoms with Gasteiger partial charge in [0.2, 0.25) is 5.91 Å². The summed E-state index contributed by atoms with van der Waals surface area (Å²) in [7, 11) is 3.24. The zero-order chi connectivity index (χ0) is 19.2. The van der Waals surface area contributed by atoms with Crippen molar-refractivity contribution < 1.29 is 14.3 Å². The van der Waals surface area contributed by atoms with Crippen LogP contribution >= 0.6 is 23.1 Å². The van der Waals surface area contributed by atoms with E-state index in [9.17, 15) is 4.79 Å². The fourth-order valence-electron chi connectivity index (χ4n) is 2.71. The number of aromatic nitrogens is 1. The number of para-hydroxylation sites is 1. The Morgan fingerprint density at radius 2 is 2.04 bits per heavy atom. The molecule has 0 aliphatic rings. The molecule has 1 N–H and O–H groups in total. The normalized spacial score (nSPS) is 12.0. The first-order valence-corrected chi connectivity index (χ1v) is 10.4. The van der Waals surface area contributed by atoms with Crippen molar-refractivity contribution >= 4 is 39.2 Å². The highest BCUT2D eigenvalue weighted by molar-refractivity contribution is 8.01. The molecule has 1 aromatic heterocycles. The first-order chi connectivity index (χ1) is 13.1. The Kier molecular flexibility index (Phi) is 6.58. The summed E-state index contributed by atoms with van der Waals surface area (Å²) in [5, 5.41) is 3.03. The van der Waals surface area contributed by atoms with Crippen LogP contribution in [0.1, 0.15) is 24.9 Å². The van der Waals surface area contributed by atoms with Crippen LogP contribution in [-0.4, -0.2) is 30.9 Å². The molecule has 0 saturated carbocycles. The van der Waals surface area contributed by atoms with Crippen molar-refractivity contribution in [3.63, 3.8) is 0 Å². The zero-order valence-electron chi connectivity index (χ0n) is 15.5. The molecule has 1 amide bonds. The summed E-state index contributed by atoms with van der Waals surface area (Å²) in [5.74, 6) is 2.15. The molecule has 142 valence electrons. The molecule has 0 unspecified atom stereocenters. The molecule has 5 nitrogen and oxygen atoms in total. The molecule has 0 aliphatic carbocycles. The minimum atomic E-state index is -0.171. The Morgan fingerprint density at radius 3 is 2.78 bits per heavy atom. The van der Waals surface area contributed by atoms with Gasteiger partial charge in [-0.15, -0.1) is 11.3 Å². The highest BCUT2D eigenvalue weighted by atomic mass is 32.2. The fourth-order valence-corrected chi connectivity index (χ4v) is 4.79. The van der Waals surface area contributed by atoms with Gasteiger partial charge in [-0.2, -0.15) is 0 Å². The lowest BCUT2D eigenvalue weighted by atomic mass is 10.1. The van der Waals surface area contributed by atoms with Gasteiger partial charge in [0.15, 0.2) is 4.34 Å². The van der Waals surface area contributed by atoms with E-state index < -0.39 is 0 Å². The molecule has 1 atom stereocenters. The molecule has 0 saturated heterocycles. The van der Waals surface area contributed by atoms with Crippen molar-refractivity contribution in [2.24, 2.45) is 0 Å². The van der Waals surface area contributed by atoms with E-state index in [1.165, 1.54) is 4.70 Å². The molecule has 27 heavy (non-hydrogen) atoms. The summed E-state index contributed by atoms with van der Waals surface area (Å²) >= 11 is 3.27. The van der Waals surface area contributed by atoms with E-state index in [0.29, 0.717) is 12.2 Å². The van der Waals surface area contributed by atoms with Crippen molar-refractivity contribution in [1.82, 2.24) is 10.3 Å². The fraction of sp³-hybridized carbons (Fsp3) is 0.300. The number of methoxy groups -OCH3 is 2. The SMILES string of the molecule is COc1ccc(OC)c([C@@H](C)NC(=O)CCSc2nc3ccccc3s2)c1. The van der Waals surface area contributed by atoms with Crippen LogP contribution in [0.5, 0.6) is 11.5 Å². The van der Waals surface area contributed by atoms with Crippen molar-refractivity contribution in [2.45, 2.75) is 23.7 Å². The molecular formula is C20H22N2O3S2. The summed E-state index contributed by atoms with van der Waals surface area (Å²) in [5.41, 5.74) is 1.90. The summed E-state index contributed by atoms with van der Waals surface area (Å²) < 4.78 is 12.8. The van der Waals surface area contributed by atoms with Gasteiger partial charge >= 0.3 is 0 Å². The highest BCUT2D eigenvalue weighted by Crippen LogP contribution is 2.31. The number of amides is 1. The topological polar surface area (TPSA) is 60.5 Å². The standard InChI is InChI=1S/C20H22N2O3S2/c1-13(15-12-14(24-2)8-9-17(15)25-3)21-19(23)10-11-26-20-22-16-6-4-5-7-18(16)27-20/h4-9,12-13H,10-11H2,1-3H3,(H,21,23)/t13-/m1/s1. The Bertz CT molecular complexity index is 893.